The van der Waals surface area contributed by atoms with Crippen molar-refractivity contribution in [2.24, 2.45) is 0 Å². The molecule has 0 aliphatic carbocycles. The summed E-state index contributed by atoms with van der Waals surface area (Å²) in [6, 6.07) is 5.98. The van der Waals surface area contributed by atoms with E-state index in [1.165, 1.54) is 6.20 Å². The maximum Gasteiger partial charge on any atom is 0.271 e. The lowest BCUT2D eigenvalue weighted by Gasteiger charge is -2.33. The van der Waals surface area contributed by atoms with Crippen LogP contribution in [0.4, 0.5) is 5.82 Å². The van der Waals surface area contributed by atoms with Gasteiger partial charge in [0.15, 0.2) is 0 Å². The maximum atomic E-state index is 12.2. The van der Waals surface area contributed by atoms with Gasteiger partial charge in [0.1, 0.15) is 11.5 Å². The molecule has 6 heteroatoms. The van der Waals surface area contributed by atoms with E-state index in [0.29, 0.717) is 5.69 Å². The fourth-order valence-corrected chi connectivity index (χ4v) is 2.61. The van der Waals surface area contributed by atoms with Gasteiger partial charge in [-0.05, 0) is 31.9 Å². The first kappa shape index (κ1) is 14.4. The molecule has 1 N–H and O–H groups in total. The van der Waals surface area contributed by atoms with Gasteiger partial charge in [-0.1, -0.05) is 6.07 Å². The van der Waals surface area contributed by atoms with E-state index < -0.39 is 0 Å². The molecule has 0 bridgehead atoms. The second kappa shape index (κ2) is 6.51. The highest BCUT2D eigenvalue weighted by Gasteiger charge is 2.23. The Labute approximate surface area is 129 Å². The van der Waals surface area contributed by atoms with Crippen LogP contribution in [-0.2, 0) is 0 Å². The van der Waals surface area contributed by atoms with E-state index in [0.717, 1.165) is 37.4 Å². The standard InChI is InChI=1S/C16H19N5O/c1-12-9-19-14(10-18-12)16(22)20-13-5-4-8-21(11-13)15-6-2-3-7-17-15/h2-3,6-7,9-10,13H,4-5,8,11H2,1H3,(H,20,22)/t13-/m1/s1. The van der Waals surface area contributed by atoms with Crippen LogP contribution in [0, 0.1) is 6.92 Å². The van der Waals surface area contributed by atoms with Crippen LogP contribution >= 0.6 is 0 Å². The van der Waals surface area contributed by atoms with E-state index in [4.69, 9.17) is 0 Å². The van der Waals surface area contributed by atoms with Crippen molar-refractivity contribution in [3.05, 3.63) is 48.2 Å². The third kappa shape index (κ3) is 3.39. The van der Waals surface area contributed by atoms with Crippen LogP contribution in [0.1, 0.15) is 29.0 Å². The average Bonchev–Trinajstić information content (AvgIpc) is 2.56. The summed E-state index contributed by atoms with van der Waals surface area (Å²) in [4.78, 5) is 27.0. The summed E-state index contributed by atoms with van der Waals surface area (Å²) in [5.74, 6) is 0.789. The zero-order valence-electron chi connectivity index (χ0n) is 12.6. The van der Waals surface area contributed by atoms with Crippen molar-refractivity contribution in [1.29, 1.82) is 0 Å². The summed E-state index contributed by atoms with van der Waals surface area (Å²) in [6.45, 7) is 3.58. The predicted octanol–water partition coefficient (Wildman–Crippen LogP) is 1.58. The highest BCUT2D eigenvalue weighted by Crippen LogP contribution is 2.17. The number of nitrogens with one attached hydrogen (secondary N) is 1. The molecule has 1 amide bonds. The first-order chi connectivity index (χ1) is 10.7. The minimum atomic E-state index is -0.166. The number of pyridine rings is 1. The Balaban J connectivity index is 1.63. The molecule has 6 nitrogen and oxygen atoms in total. The van der Waals surface area contributed by atoms with Gasteiger partial charge in [-0.3, -0.25) is 9.78 Å². The van der Waals surface area contributed by atoms with Gasteiger partial charge in [-0.15, -0.1) is 0 Å². The van der Waals surface area contributed by atoms with E-state index in [1.54, 1.807) is 12.4 Å². The smallest absolute Gasteiger partial charge is 0.271 e. The highest BCUT2D eigenvalue weighted by atomic mass is 16.2. The second-order valence-corrected chi connectivity index (χ2v) is 5.49. The van der Waals surface area contributed by atoms with Gasteiger partial charge in [-0.2, -0.15) is 0 Å². The molecule has 2 aromatic rings. The molecule has 22 heavy (non-hydrogen) atoms. The molecule has 1 fully saturated rings. The lowest BCUT2D eigenvalue weighted by atomic mass is 10.1. The monoisotopic (exact) mass is 297 g/mol. The summed E-state index contributed by atoms with van der Waals surface area (Å²) < 4.78 is 0. The number of amides is 1. The molecular formula is C16H19N5O. The Morgan fingerprint density at radius 2 is 2.18 bits per heavy atom. The number of carbonyl (C=O) groups excluding carboxylic acids is 1. The number of rotatable bonds is 3. The number of nitrogens with zero attached hydrogens (tertiary/aromatic N) is 4. The molecule has 0 radical (unpaired) electrons. The molecule has 1 atom stereocenters. The van der Waals surface area contributed by atoms with Crippen molar-refractivity contribution in [1.82, 2.24) is 20.3 Å². The second-order valence-electron chi connectivity index (χ2n) is 5.49. The maximum absolute atomic E-state index is 12.2. The number of carbonyl (C=O) groups is 1. The molecule has 3 heterocycles. The molecule has 0 aromatic carbocycles. The zero-order valence-corrected chi connectivity index (χ0v) is 12.6. The van der Waals surface area contributed by atoms with Crippen molar-refractivity contribution in [2.45, 2.75) is 25.8 Å². The van der Waals surface area contributed by atoms with Crippen molar-refractivity contribution < 1.29 is 4.79 Å². The van der Waals surface area contributed by atoms with E-state index in [2.05, 4.69) is 25.2 Å². The van der Waals surface area contributed by atoms with Crippen molar-refractivity contribution in [3.63, 3.8) is 0 Å². The Kier molecular flexibility index (Phi) is 4.27. The largest absolute Gasteiger partial charge is 0.355 e. The molecule has 1 saturated heterocycles. The minimum Gasteiger partial charge on any atom is -0.355 e. The predicted molar refractivity (Wildman–Crippen MR) is 83.7 cm³/mol. The Bertz CT molecular complexity index is 629. The first-order valence-electron chi connectivity index (χ1n) is 7.48. The molecule has 114 valence electrons. The van der Waals surface area contributed by atoms with Gasteiger partial charge in [0.2, 0.25) is 0 Å². The Morgan fingerprint density at radius 1 is 1.27 bits per heavy atom. The average molecular weight is 297 g/mol. The van der Waals surface area contributed by atoms with Gasteiger partial charge in [0.25, 0.3) is 5.91 Å². The van der Waals surface area contributed by atoms with Crippen LogP contribution in [0.5, 0.6) is 0 Å². The lowest BCUT2D eigenvalue weighted by Crippen LogP contribution is -2.48. The Hall–Kier alpha value is -2.50. The number of anilines is 1. The van der Waals surface area contributed by atoms with Gasteiger partial charge in [0.05, 0.1) is 11.9 Å². The third-order valence-corrected chi connectivity index (χ3v) is 3.74. The molecule has 3 rings (SSSR count). The summed E-state index contributed by atoms with van der Waals surface area (Å²) in [7, 11) is 0. The van der Waals surface area contributed by atoms with Crippen molar-refractivity contribution in [3.8, 4) is 0 Å². The molecule has 2 aromatic heterocycles. The minimum absolute atomic E-state index is 0.103. The van der Waals surface area contributed by atoms with E-state index >= 15 is 0 Å². The first-order valence-corrected chi connectivity index (χ1v) is 7.48. The van der Waals surface area contributed by atoms with Crippen LogP contribution in [-0.4, -0.2) is 40.0 Å². The van der Waals surface area contributed by atoms with Gasteiger partial charge < -0.3 is 10.2 Å². The summed E-state index contributed by atoms with van der Waals surface area (Å²) in [5, 5.41) is 3.04. The van der Waals surface area contributed by atoms with Crippen LogP contribution in [0.15, 0.2) is 36.8 Å². The molecule has 1 aliphatic heterocycles. The fraction of sp³-hybridized carbons (Fsp3) is 0.375. The van der Waals surface area contributed by atoms with Crippen molar-refractivity contribution in [2.75, 3.05) is 18.0 Å². The van der Waals surface area contributed by atoms with Gasteiger partial charge >= 0.3 is 0 Å². The lowest BCUT2D eigenvalue weighted by molar-refractivity contribution is 0.0927. The summed E-state index contributed by atoms with van der Waals surface area (Å²) >= 11 is 0. The SMILES string of the molecule is Cc1cnc(C(=O)N[C@@H]2CCCN(c3ccccn3)C2)cn1. The zero-order chi connectivity index (χ0) is 15.4. The number of hydrogen-bond acceptors (Lipinski definition) is 5. The fourth-order valence-electron chi connectivity index (χ4n) is 2.61. The number of hydrogen-bond donors (Lipinski definition) is 1. The van der Waals surface area contributed by atoms with Crippen LogP contribution in [0.3, 0.4) is 0 Å². The van der Waals surface area contributed by atoms with Crippen LogP contribution < -0.4 is 10.2 Å². The van der Waals surface area contributed by atoms with Crippen LogP contribution in [0.2, 0.25) is 0 Å². The normalized spacial score (nSPS) is 18.0. The highest BCUT2D eigenvalue weighted by molar-refractivity contribution is 5.92. The van der Waals surface area contributed by atoms with E-state index in [9.17, 15) is 4.79 Å². The number of piperidine rings is 1. The quantitative estimate of drug-likeness (QED) is 0.931. The van der Waals surface area contributed by atoms with Crippen molar-refractivity contribution >= 4 is 11.7 Å². The number of aromatic nitrogens is 3. The van der Waals surface area contributed by atoms with Crippen LogP contribution in [0.25, 0.3) is 0 Å². The summed E-state index contributed by atoms with van der Waals surface area (Å²) in [5.41, 5.74) is 1.16. The van der Waals surface area contributed by atoms with E-state index in [-0.39, 0.29) is 11.9 Å². The summed E-state index contributed by atoms with van der Waals surface area (Å²) in [6.07, 6.45) is 6.91. The Morgan fingerprint density at radius 3 is 2.91 bits per heavy atom. The van der Waals surface area contributed by atoms with Gasteiger partial charge in [-0.25, -0.2) is 9.97 Å². The molecular weight excluding hydrogens is 278 g/mol. The third-order valence-electron chi connectivity index (χ3n) is 3.74. The topological polar surface area (TPSA) is 71.0 Å². The molecule has 0 saturated carbocycles. The van der Waals surface area contributed by atoms with E-state index in [1.807, 2.05) is 25.1 Å². The molecule has 1 aliphatic rings. The number of aryl methyl sites for hydroxylation is 1. The molecule has 0 unspecified atom stereocenters. The van der Waals surface area contributed by atoms with Gasteiger partial charge in [0, 0.05) is 31.5 Å². The molecule has 0 spiro atoms.